The number of para-hydroxylation sites is 2. The topological polar surface area (TPSA) is 49.8 Å². The smallest absolute Gasteiger partial charge is 0.201 e. The van der Waals surface area contributed by atoms with Gasteiger partial charge in [0.05, 0.1) is 0 Å². The van der Waals surface area contributed by atoms with Crippen molar-refractivity contribution in [1.29, 1.82) is 0 Å². The summed E-state index contributed by atoms with van der Waals surface area (Å²) in [7, 11) is 3.17. The van der Waals surface area contributed by atoms with Crippen LogP contribution in [0.3, 0.4) is 0 Å². The van der Waals surface area contributed by atoms with E-state index in [2.05, 4.69) is 4.98 Å². The number of rotatable bonds is 4. The number of thiazole rings is 1. The Kier molecular flexibility index (Phi) is 3.86. The Hall–Kier alpha value is -1.63. The molecule has 1 unspecified atom stereocenters. The summed E-state index contributed by atoms with van der Waals surface area (Å²) < 4.78 is 22.0. The monoisotopic (exact) mass is 293 g/mol. The lowest BCUT2D eigenvalue weighted by Gasteiger charge is -2.24. The molecule has 3 rings (SSSR count). The first-order chi connectivity index (χ1) is 9.81. The molecule has 1 aliphatic rings. The molecule has 1 atom stereocenters. The zero-order valence-electron chi connectivity index (χ0n) is 11.2. The Balaban J connectivity index is 1.78. The van der Waals surface area contributed by atoms with Crippen LogP contribution in [0.4, 0.5) is 0 Å². The maximum absolute atomic E-state index is 5.92. The summed E-state index contributed by atoms with van der Waals surface area (Å²) in [5, 5.41) is 2.77. The lowest BCUT2D eigenvalue weighted by Crippen LogP contribution is -2.21. The first-order valence-corrected chi connectivity index (χ1v) is 7.09. The standard InChI is InChI=1S/C14H15NO4S/c1-16-14(17-2)9-8-20-13(15-9)12-7-18-10-5-3-4-6-11(10)19-12/h3-6,8,12,14H,7H2,1-2H3. The van der Waals surface area contributed by atoms with Gasteiger partial charge >= 0.3 is 0 Å². The minimum Gasteiger partial charge on any atom is -0.485 e. The van der Waals surface area contributed by atoms with Gasteiger partial charge in [0.2, 0.25) is 6.29 Å². The maximum Gasteiger partial charge on any atom is 0.201 e. The number of hydrogen-bond donors (Lipinski definition) is 0. The van der Waals surface area contributed by atoms with Gasteiger partial charge in [0, 0.05) is 19.6 Å². The summed E-state index contributed by atoms with van der Waals surface area (Å²) in [6.45, 7) is 0.453. The molecule has 0 aliphatic carbocycles. The largest absolute Gasteiger partial charge is 0.485 e. The molecule has 0 saturated carbocycles. The van der Waals surface area contributed by atoms with E-state index in [0.717, 1.165) is 22.2 Å². The van der Waals surface area contributed by atoms with Crippen LogP contribution in [0.2, 0.25) is 0 Å². The Morgan fingerprint density at radius 1 is 1.25 bits per heavy atom. The fourth-order valence-corrected chi connectivity index (χ4v) is 2.87. The van der Waals surface area contributed by atoms with Crippen molar-refractivity contribution in [3.8, 4) is 11.5 Å². The van der Waals surface area contributed by atoms with Crippen molar-refractivity contribution in [3.05, 3.63) is 40.3 Å². The van der Waals surface area contributed by atoms with Crippen molar-refractivity contribution >= 4 is 11.3 Å². The number of hydrogen-bond acceptors (Lipinski definition) is 6. The quantitative estimate of drug-likeness (QED) is 0.811. The molecule has 0 saturated heterocycles. The molecule has 1 aromatic heterocycles. The van der Waals surface area contributed by atoms with E-state index in [0.29, 0.717) is 6.61 Å². The second kappa shape index (κ2) is 5.78. The van der Waals surface area contributed by atoms with Gasteiger partial charge in [-0.25, -0.2) is 4.98 Å². The average molecular weight is 293 g/mol. The highest BCUT2D eigenvalue weighted by Crippen LogP contribution is 2.37. The first kappa shape index (κ1) is 13.4. The van der Waals surface area contributed by atoms with E-state index in [1.54, 1.807) is 14.2 Å². The Bertz CT molecular complexity index is 582. The van der Waals surface area contributed by atoms with Crippen LogP contribution in [-0.4, -0.2) is 25.8 Å². The molecule has 20 heavy (non-hydrogen) atoms. The molecule has 1 aromatic carbocycles. The van der Waals surface area contributed by atoms with Crippen molar-refractivity contribution in [1.82, 2.24) is 4.98 Å². The molecule has 2 aromatic rings. The zero-order valence-corrected chi connectivity index (χ0v) is 12.1. The van der Waals surface area contributed by atoms with Gasteiger partial charge in [-0.3, -0.25) is 0 Å². The highest BCUT2D eigenvalue weighted by Gasteiger charge is 2.26. The predicted molar refractivity (Wildman–Crippen MR) is 74.2 cm³/mol. The van der Waals surface area contributed by atoms with Crippen LogP contribution in [0.15, 0.2) is 29.6 Å². The van der Waals surface area contributed by atoms with E-state index >= 15 is 0 Å². The third-order valence-electron chi connectivity index (χ3n) is 2.99. The van der Waals surface area contributed by atoms with E-state index in [1.165, 1.54) is 11.3 Å². The molecule has 5 nitrogen and oxygen atoms in total. The highest BCUT2D eigenvalue weighted by atomic mass is 32.1. The van der Waals surface area contributed by atoms with Crippen molar-refractivity contribution in [2.75, 3.05) is 20.8 Å². The fourth-order valence-electron chi connectivity index (χ4n) is 2.04. The van der Waals surface area contributed by atoms with Crippen LogP contribution in [0.1, 0.15) is 23.1 Å². The molecule has 6 heteroatoms. The van der Waals surface area contributed by atoms with E-state index in [1.807, 2.05) is 29.6 Å². The third kappa shape index (κ3) is 2.49. The van der Waals surface area contributed by atoms with Crippen molar-refractivity contribution in [3.63, 3.8) is 0 Å². The summed E-state index contributed by atoms with van der Waals surface area (Å²) in [6, 6.07) is 7.63. The number of nitrogens with zero attached hydrogens (tertiary/aromatic N) is 1. The normalized spacial score (nSPS) is 17.4. The number of fused-ring (bicyclic) bond motifs is 1. The lowest BCUT2D eigenvalue weighted by molar-refractivity contribution is -0.108. The zero-order chi connectivity index (χ0) is 13.9. The lowest BCUT2D eigenvalue weighted by atomic mass is 10.2. The minimum absolute atomic E-state index is 0.196. The molecule has 0 fully saturated rings. The minimum atomic E-state index is -0.447. The van der Waals surface area contributed by atoms with E-state index < -0.39 is 6.29 Å². The Morgan fingerprint density at radius 3 is 2.75 bits per heavy atom. The molecule has 0 N–H and O–H groups in total. The number of benzene rings is 1. The van der Waals surface area contributed by atoms with Crippen LogP contribution in [0.25, 0.3) is 0 Å². The number of ether oxygens (including phenoxy) is 4. The second-order valence-corrected chi connectivity index (χ2v) is 5.17. The molecular formula is C14H15NO4S. The second-order valence-electron chi connectivity index (χ2n) is 4.28. The van der Waals surface area contributed by atoms with Crippen LogP contribution in [0, 0.1) is 0 Å². The van der Waals surface area contributed by atoms with Gasteiger partial charge in [-0.15, -0.1) is 11.3 Å². The Labute approximate surface area is 121 Å². The SMILES string of the molecule is COC(OC)c1csc(C2COc3ccccc3O2)n1. The third-order valence-corrected chi connectivity index (χ3v) is 3.95. The molecular weight excluding hydrogens is 278 g/mol. The van der Waals surface area contributed by atoms with Gasteiger partial charge in [-0.2, -0.15) is 0 Å². The molecule has 0 bridgehead atoms. The molecule has 106 valence electrons. The van der Waals surface area contributed by atoms with Crippen LogP contribution >= 0.6 is 11.3 Å². The van der Waals surface area contributed by atoms with E-state index in [9.17, 15) is 0 Å². The van der Waals surface area contributed by atoms with Gasteiger partial charge in [-0.05, 0) is 12.1 Å². The van der Waals surface area contributed by atoms with E-state index in [-0.39, 0.29) is 6.10 Å². The fraction of sp³-hybridized carbons (Fsp3) is 0.357. The van der Waals surface area contributed by atoms with Gasteiger partial charge in [0.1, 0.15) is 17.3 Å². The summed E-state index contributed by atoms with van der Waals surface area (Å²) in [4.78, 5) is 4.51. The molecule has 1 aliphatic heterocycles. The predicted octanol–water partition coefficient (Wildman–Crippen LogP) is 2.95. The number of aromatic nitrogens is 1. The van der Waals surface area contributed by atoms with Gasteiger partial charge in [0.25, 0.3) is 0 Å². The summed E-state index contributed by atoms with van der Waals surface area (Å²) in [5.74, 6) is 1.52. The van der Waals surface area contributed by atoms with Crippen molar-refractivity contribution in [2.45, 2.75) is 12.4 Å². The molecule has 0 spiro atoms. The van der Waals surface area contributed by atoms with E-state index in [4.69, 9.17) is 18.9 Å². The summed E-state index contributed by atoms with van der Waals surface area (Å²) in [5.41, 5.74) is 0.748. The summed E-state index contributed by atoms with van der Waals surface area (Å²) >= 11 is 1.51. The average Bonchev–Trinajstić information content (AvgIpc) is 2.98. The number of methoxy groups -OCH3 is 2. The van der Waals surface area contributed by atoms with Gasteiger partial charge in [0.15, 0.2) is 17.6 Å². The maximum atomic E-state index is 5.92. The Morgan fingerprint density at radius 2 is 2.00 bits per heavy atom. The van der Waals surface area contributed by atoms with Gasteiger partial charge in [-0.1, -0.05) is 12.1 Å². The molecule has 2 heterocycles. The highest BCUT2D eigenvalue weighted by molar-refractivity contribution is 7.09. The summed E-state index contributed by atoms with van der Waals surface area (Å²) in [6.07, 6.45) is -0.644. The van der Waals surface area contributed by atoms with Crippen molar-refractivity contribution in [2.24, 2.45) is 0 Å². The van der Waals surface area contributed by atoms with Crippen molar-refractivity contribution < 1.29 is 18.9 Å². The van der Waals surface area contributed by atoms with Crippen LogP contribution in [-0.2, 0) is 9.47 Å². The van der Waals surface area contributed by atoms with Gasteiger partial charge < -0.3 is 18.9 Å². The molecule has 0 radical (unpaired) electrons. The molecule has 0 amide bonds. The van der Waals surface area contributed by atoms with Crippen LogP contribution < -0.4 is 9.47 Å². The van der Waals surface area contributed by atoms with Crippen LogP contribution in [0.5, 0.6) is 11.5 Å². The first-order valence-electron chi connectivity index (χ1n) is 6.21.